The molecule has 1 aliphatic rings. The third kappa shape index (κ3) is 4.52. The molecule has 1 N–H and O–H groups in total. The molecule has 2 heteroatoms. The zero-order valence-corrected chi connectivity index (χ0v) is 13.4. The zero-order valence-electron chi connectivity index (χ0n) is 13.4. The summed E-state index contributed by atoms with van der Waals surface area (Å²) in [6.07, 6.45) is 5.21. The Morgan fingerprint density at radius 1 is 1.10 bits per heavy atom. The van der Waals surface area contributed by atoms with E-state index in [-0.39, 0.29) is 0 Å². The van der Waals surface area contributed by atoms with Crippen molar-refractivity contribution >= 4 is 0 Å². The van der Waals surface area contributed by atoms with E-state index in [0.29, 0.717) is 12.1 Å². The number of likely N-dealkylation sites (N-methyl/N-ethyl adjacent to an activating group) is 1. The summed E-state index contributed by atoms with van der Waals surface area (Å²) in [6, 6.07) is 9.16. The normalized spacial score (nSPS) is 28.1. The summed E-state index contributed by atoms with van der Waals surface area (Å²) in [6.45, 7) is 6.89. The van der Waals surface area contributed by atoms with Crippen molar-refractivity contribution in [1.29, 1.82) is 0 Å². The Labute approximate surface area is 123 Å². The maximum Gasteiger partial charge on any atom is 0.119 e. The van der Waals surface area contributed by atoms with Crippen LogP contribution in [0.15, 0.2) is 24.3 Å². The van der Waals surface area contributed by atoms with Crippen LogP contribution >= 0.6 is 0 Å². The maximum absolute atomic E-state index is 6.17. The number of ether oxygens (including phenoxy) is 1. The van der Waals surface area contributed by atoms with Gasteiger partial charge in [0.15, 0.2) is 0 Å². The van der Waals surface area contributed by atoms with Crippen molar-refractivity contribution < 1.29 is 4.74 Å². The molecule has 1 saturated carbocycles. The number of nitrogens with one attached hydrogen (secondary N) is 1. The second-order valence-corrected chi connectivity index (χ2v) is 6.70. The molecular formula is C18H29NO. The van der Waals surface area contributed by atoms with Gasteiger partial charge in [-0.05, 0) is 69.2 Å². The summed E-state index contributed by atoms with van der Waals surface area (Å²) < 4.78 is 6.17. The molecule has 0 aliphatic heterocycles. The van der Waals surface area contributed by atoms with Gasteiger partial charge in [0.05, 0.1) is 6.10 Å². The lowest BCUT2D eigenvalue weighted by atomic mass is 9.82. The molecule has 0 saturated heterocycles. The van der Waals surface area contributed by atoms with Gasteiger partial charge < -0.3 is 10.1 Å². The van der Waals surface area contributed by atoms with Gasteiger partial charge in [-0.2, -0.15) is 0 Å². The van der Waals surface area contributed by atoms with Crippen LogP contribution in [0.1, 0.15) is 45.6 Å². The van der Waals surface area contributed by atoms with Crippen LogP contribution < -0.4 is 10.1 Å². The van der Waals surface area contributed by atoms with E-state index in [9.17, 15) is 0 Å². The molecule has 0 bridgehead atoms. The second-order valence-electron chi connectivity index (χ2n) is 6.70. The molecule has 0 amide bonds. The highest BCUT2D eigenvalue weighted by molar-refractivity contribution is 5.28. The Balaban J connectivity index is 1.90. The zero-order chi connectivity index (χ0) is 14.5. The predicted molar refractivity (Wildman–Crippen MR) is 85.3 cm³/mol. The molecule has 0 heterocycles. The fourth-order valence-electron chi connectivity index (χ4n) is 3.32. The summed E-state index contributed by atoms with van der Waals surface area (Å²) in [5.41, 5.74) is 1.37. The van der Waals surface area contributed by atoms with Gasteiger partial charge in [0.1, 0.15) is 5.75 Å². The van der Waals surface area contributed by atoms with Crippen LogP contribution in [0.2, 0.25) is 0 Å². The van der Waals surface area contributed by atoms with Gasteiger partial charge in [-0.1, -0.05) is 26.0 Å². The van der Waals surface area contributed by atoms with Gasteiger partial charge in [0, 0.05) is 6.04 Å². The molecular weight excluding hydrogens is 246 g/mol. The average Bonchev–Trinajstić information content (AvgIpc) is 2.39. The molecule has 2 rings (SSSR count). The Hall–Kier alpha value is -1.02. The van der Waals surface area contributed by atoms with Gasteiger partial charge in [0.25, 0.3) is 0 Å². The molecule has 1 fully saturated rings. The van der Waals surface area contributed by atoms with Crippen LogP contribution in [0.25, 0.3) is 0 Å². The first-order chi connectivity index (χ1) is 9.56. The van der Waals surface area contributed by atoms with Crippen LogP contribution in [-0.2, 0) is 6.42 Å². The van der Waals surface area contributed by atoms with Crippen LogP contribution in [-0.4, -0.2) is 19.2 Å². The van der Waals surface area contributed by atoms with E-state index in [0.717, 1.165) is 24.0 Å². The fourth-order valence-corrected chi connectivity index (χ4v) is 3.32. The van der Waals surface area contributed by atoms with Crippen molar-refractivity contribution in [2.45, 2.75) is 58.6 Å². The number of hydrogen-bond acceptors (Lipinski definition) is 2. The monoisotopic (exact) mass is 275 g/mol. The van der Waals surface area contributed by atoms with Gasteiger partial charge in [0.2, 0.25) is 0 Å². The minimum absolute atomic E-state index is 0.399. The van der Waals surface area contributed by atoms with E-state index in [2.05, 4.69) is 50.4 Å². The summed E-state index contributed by atoms with van der Waals surface area (Å²) in [7, 11) is 2.01. The van der Waals surface area contributed by atoms with Crippen LogP contribution in [0.5, 0.6) is 5.75 Å². The Morgan fingerprint density at radius 3 is 2.25 bits per heavy atom. The number of benzene rings is 1. The van der Waals surface area contributed by atoms with E-state index in [1.807, 2.05) is 7.05 Å². The van der Waals surface area contributed by atoms with Crippen LogP contribution in [0.4, 0.5) is 0 Å². The molecule has 3 atom stereocenters. The van der Waals surface area contributed by atoms with E-state index in [1.54, 1.807) is 0 Å². The van der Waals surface area contributed by atoms with Crippen molar-refractivity contribution in [3.05, 3.63) is 29.8 Å². The molecule has 0 aromatic heterocycles. The first-order valence-corrected chi connectivity index (χ1v) is 7.99. The largest absolute Gasteiger partial charge is 0.490 e. The maximum atomic E-state index is 6.17. The van der Waals surface area contributed by atoms with Crippen molar-refractivity contribution in [3.8, 4) is 5.75 Å². The lowest BCUT2D eigenvalue weighted by Crippen LogP contribution is -2.28. The molecule has 20 heavy (non-hydrogen) atoms. The quantitative estimate of drug-likeness (QED) is 0.875. The van der Waals surface area contributed by atoms with E-state index in [4.69, 9.17) is 4.74 Å². The Bertz CT molecular complexity index is 390. The first-order valence-electron chi connectivity index (χ1n) is 7.99. The predicted octanol–water partition coefficient (Wildman–Crippen LogP) is 4.04. The molecule has 1 aromatic carbocycles. The molecule has 0 radical (unpaired) electrons. The number of hydrogen-bond donors (Lipinski definition) is 1. The van der Waals surface area contributed by atoms with Gasteiger partial charge in [-0.15, -0.1) is 0 Å². The lowest BCUT2D eigenvalue weighted by Gasteiger charge is -2.31. The highest BCUT2D eigenvalue weighted by Gasteiger charge is 2.25. The Kier molecular flexibility index (Phi) is 5.47. The van der Waals surface area contributed by atoms with Crippen molar-refractivity contribution in [2.75, 3.05) is 7.05 Å². The standard InChI is InChI=1S/C18H29NO/c1-13-9-14(2)11-18(10-13)20-17-7-5-16(6-8-17)12-15(3)19-4/h5-8,13-15,18-19H,9-12H2,1-4H3. The molecule has 2 nitrogen and oxygen atoms in total. The first kappa shape index (κ1) is 15.4. The van der Waals surface area contributed by atoms with Gasteiger partial charge in [-0.3, -0.25) is 0 Å². The highest BCUT2D eigenvalue weighted by atomic mass is 16.5. The van der Waals surface area contributed by atoms with Gasteiger partial charge >= 0.3 is 0 Å². The van der Waals surface area contributed by atoms with Crippen molar-refractivity contribution in [1.82, 2.24) is 5.32 Å². The Morgan fingerprint density at radius 2 is 1.70 bits per heavy atom. The van der Waals surface area contributed by atoms with E-state index >= 15 is 0 Å². The summed E-state index contributed by atoms with van der Waals surface area (Å²) >= 11 is 0. The topological polar surface area (TPSA) is 21.3 Å². The average molecular weight is 275 g/mol. The third-order valence-corrected chi connectivity index (χ3v) is 4.40. The highest BCUT2D eigenvalue weighted by Crippen LogP contribution is 2.31. The minimum atomic E-state index is 0.399. The van der Waals surface area contributed by atoms with Gasteiger partial charge in [-0.25, -0.2) is 0 Å². The van der Waals surface area contributed by atoms with Crippen LogP contribution in [0, 0.1) is 11.8 Å². The second kappa shape index (κ2) is 7.12. The summed E-state index contributed by atoms with van der Waals surface area (Å²) in [4.78, 5) is 0. The SMILES string of the molecule is CNC(C)Cc1ccc(OC2CC(C)CC(C)C2)cc1. The third-order valence-electron chi connectivity index (χ3n) is 4.40. The molecule has 1 aromatic rings. The van der Waals surface area contributed by atoms with E-state index < -0.39 is 0 Å². The van der Waals surface area contributed by atoms with E-state index in [1.165, 1.54) is 24.8 Å². The van der Waals surface area contributed by atoms with Crippen LogP contribution in [0.3, 0.4) is 0 Å². The number of rotatable bonds is 5. The summed E-state index contributed by atoms with van der Waals surface area (Å²) in [5, 5.41) is 3.27. The molecule has 1 aliphatic carbocycles. The molecule has 3 unspecified atom stereocenters. The smallest absolute Gasteiger partial charge is 0.119 e. The summed E-state index contributed by atoms with van der Waals surface area (Å²) in [5.74, 6) is 2.61. The van der Waals surface area contributed by atoms with Crippen molar-refractivity contribution in [3.63, 3.8) is 0 Å². The lowest BCUT2D eigenvalue weighted by molar-refractivity contribution is 0.101. The molecule has 112 valence electrons. The minimum Gasteiger partial charge on any atom is -0.490 e. The molecule has 0 spiro atoms. The van der Waals surface area contributed by atoms with Crippen molar-refractivity contribution in [2.24, 2.45) is 11.8 Å². The fraction of sp³-hybridized carbons (Fsp3) is 0.667.